The minimum atomic E-state index is -0.235. The number of carbonyl (C=O) groups excluding carboxylic acids is 1. The molecule has 0 aliphatic carbocycles. The first-order chi connectivity index (χ1) is 15.7. The smallest absolute Gasteiger partial charge is 0.410 e. The zero-order valence-electron chi connectivity index (χ0n) is 18.0. The van der Waals surface area contributed by atoms with E-state index < -0.39 is 0 Å². The molecule has 2 saturated heterocycles. The second kappa shape index (κ2) is 8.99. The van der Waals surface area contributed by atoms with Crippen LogP contribution in [0.25, 0.3) is 16.8 Å². The Labute approximate surface area is 185 Å². The van der Waals surface area contributed by atoms with Crippen LogP contribution in [0.15, 0.2) is 36.8 Å². The summed E-state index contributed by atoms with van der Waals surface area (Å²) in [5, 5.41) is 4.42. The number of rotatable bonds is 4. The van der Waals surface area contributed by atoms with Crippen LogP contribution in [0.2, 0.25) is 0 Å². The van der Waals surface area contributed by atoms with Gasteiger partial charge in [0.2, 0.25) is 5.88 Å². The van der Waals surface area contributed by atoms with Crippen LogP contribution >= 0.6 is 0 Å². The zero-order chi connectivity index (χ0) is 21.9. The minimum Gasteiger partial charge on any atom is -0.481 e. The van der Waals surface area contributed by atoms with Crippen LogP contribution in [-0.2, 0) is 9.47 Å². The van der Waals surface area contributed by atoms with Crippen molar-refractivity contribution in [3.63, 3.8) is 0 Å². The number of amides is 1. The van der Waals surface area contributed by atoms with Crippen molar-refractivity contribution in [3.05, 3.63) is 36.8 Å². The number of aromatic nitrogens is 4. The maximum atomic E-state index is 12.5. The topological polar surface area (TPSA) is 94.3 Å². The number of hydrogen-bond donors (Lipinski definition) is 0. The van der Waals surface area contributed by atoms with Gasteiger partial charge in [-0.15, -0.1) is 0 Å². The third kappa shape index (κ3) is 4.05. The van der Waals surface area contributed by atoms with E-state index in [-0.39, 0.29) is 12.2 Å². The Morgan fingerprint density at radius 2 is 1.94 bits per heavy atom. The fraction of sp³-hybridized carbons (Fsp3) is 0.455. The number of methoxy groups -OCH3 is 1. The summed E-state index contributed by atoms with van der Waals surface area (Å²) >= 11 is 0. The molecule has 10 heteroatoms. The van der Waals surface area contributed by atoms with Crippen LogP contribution in [0.3, 0.4) is 0 Å². The van der Waals surface area contributed by atoms with Crippen LogP contribution in [0.1, 0.15) is 12.8 Å². The fourth-order valence-corrected chi connectivity index (χ4v) is 4.11. The minimum absolute atomic E-state index is 0.0388. The van der Waals surface area contributed by atoms with Gasteiger partial charge < -0.3 is 24.0 Å². The fourth-order valence-electron chi connectivity index (χ4n) is 4.11. The highest BCUT2D eigenvalue weighted by Crippen LogP contribution is 2.31. The van der Waals surface area contributed by atoms with E-state index in [1.165, 1.54) is 0 Å². The number of anilines is 1. The molecule has 2 fully saturated rings. The Balaban J connectivity index is 1.29. The summed E-state index contributed by atoms with van der Waals surface area (Å²) in [4.78, 5) is 25.6. The maximum absolute atomic E-state index is 12.5. The summed E-state index contributed by atoms with van der Waals surface area (Å²) in [6.45, 7) is 3.87. The number of fused-ring (bicyclic) bond motifs is 1. The van der Waals surface area contributed by atoms with Gasteiger partial charge in [-0.3, -0.25) is 0 Å². The lowest BCUT2D eigenvalue weighted by atomic mass is 10.1. The van der Waals surface area contributed by atoms with E-state index in [1.807, 2.05) is 24.4 Å². The van der Waals surface area contributed by atoms with Gasteiger partial charge in [0, 0.05) is 57.0 Å². The van der Waals surface area contributed by atoms with Gasteiger partial charge in [-0.1, -0.05) is 0 Å². The predicted octanol–water partition coefficient (Wildman–Crippen LogP) is 2.24. The molecule has 2 aliphatic heterocycles. The Morgan fingerprint density at radius 3 is 2.72 bits per heavy atom. The predicted molar refractivity (Wildman–Crippen MR) is 117 cm³/mol. The second-order valence-electron chi connectivity index (χ2n) is 7.84. The molecule has 0 N–H and O–H groups in total. The van der Waals surface area contributed by atoms with Gasteiger partial charge in [0.05, 0.1) is 32.1 Å². The number of pyridine rings is 1. The lowest BCUT2D eigenvalue weighted by molar-refractivity contribution is -0.0106. The van der Waals surface area contributed by atoms with E-state index in [0.29, 0.717) is 45.3 Å². The summed E-state index contributed by atoms with van der Waals surface area (Å²) in [5.41, 5.74) is 2.43. The van der Waals surface area contributed by atoms with Crippen LogP contribution < -0.4 is 9.64 Å². The number of piperazine rings is 1. The molecule has 0 atom stereocenters. The molecular formula is C22H26N6O4. The molecule has 2 aliphatic rings. The molecule has 0 aromatic carbocycles. The summed E-state index contributed by atoms with van der Waals surface area (Å²) in [6, 6.07) is 5.75. The van der Waals surface area contributed by atoms with Crippen LogP contribution in [0, 0.1) is 0 Å². The summed E-state index contributed by atoms with van der Waals surface area (Å²) in [6.07, 6.45) is 6.63. The van der Waals surface area contributed by atoms with Crippen LogP contribution in [0.5, 0.6) is 5.88 Å². The average Bonchev–Trinajstić information content (AvgIpc) is 3.28. The number of carbonyl (C=O) groups is 1. The second-order valence-corrected chi connectivity index (χ2v) is 7.84. The Morgan fingerprint density at radius 1 is 1.12 bits per heavy atom. The maximum Gasteiger partial charge on any atom is 0.410 e. The Hall–Kier alpha value is -3.40. The zero-order valence-corrected chi connectivity index (χ0v) is 18.0. The van der Waals surface area contributed by atoms with Gasteiger partial charge in [0.1, 0.15) is 11.9 Å². The normalized spacial score (nSPS) is 17.5. The number of nitrogens with zero attached hydrogens (tertiary/aromatic N) is 6. The van der Waals surface area contributed by atoms with E-state index in [0.717, 1.165) is 35.4 Å². The van der Waals surface area contributed by atoms with E-state index in [1.54, 1.807) is 28.9 Å². The van der Waals surface area contributed by atoms with E-state index >= 15 is 0 Å². The first kappa shape index (κ1) is 20.5. The molecule has 0 spiro atoms. The van der Waals surface area contributed by atoms with Gasteiger partial charge >= 0.3 is 6.09 Å². The largest absolute Gasteiger partial charge is 0.481 e. The van der Waals surface area contributed by atoms with Gasteiger partial charge in [-0.25, -0.2) is 19.3 Å². The molecule has 0 bridgehead atoms. The average molecular weight is 438 g/mol. The molecule has 5 heterocycles. The third-order valence-electron chi connectivity index (χ3n) is 5.91. The molecular weight excluding hydrogens is 412 g/mol. The Kier molecular flexibility index (Phi) is 5.76. The van der Waals surface area contributed by atoms with Crippen molar-refractivity contribution >= 4 is 17.6 Å². The van der Waals surface area contributed by atoms with Crippen LogP contribution in [-0.4, -0.2) is 83.2 Å². The van der Waals surface area contributed by atoms with Crippen molar-refractivity contribution < 1.29 is 19.0 Å². The number of ether oxygens (including phenoxy) is 3. The van der Waals surface area contributed by atoms with Crippen molar-refractivity contribution in [1.29, 1.82) is 0 Å². The van der Waals surface area contributed by atoms with E-state index in [9.17, 15) is 4.79 Å². The Bertz CT molecular complexity index is 1090. The number of hydrogen-bond acceptors (Lipinski definition) is 8. The van der Waals surface area contributed by atoms with Crippen molar-refractivity contribution in [2.24, 2.45) is 0 Å². The summed E-state index contributed by atoms with van der Waals surface area (Å²) < 4.78 is 18.1. The van der Waals surface area contributed by atoms with E-state index in [2.05, 4.69) is 15.0 Å². The van der Waals surface area contributed by atoms with Gasteiger partial charge in [0.25, 0.3) is 0 Å². The highest BCUT2D eigenvalue weighted by Gasteiger charge is 2.26. The lowest BCUT2D eigenvalue weighted by Crippen LogP contribution is -2.50. The molecule has 32 heavy (non-hydrogen) atoms. The first-order valence-corrected chi connectivity index (χ1v) is 10.8. The third-order valence-corrected chi connectivity index (χ3v) is 5.91. The summed E-state index contributed by atoms with van der Waals surface area (Å²) in [5.74, 6) is 1.38. The molecule has 3 aromatic rings. The first-order valence-electron chi connectivity index (χ1n) is 10.8. The molecule has 5 rings (SSSR count). The molecule has 0 unspecified atom stereocenters. The van der Waals surface area contributed by atoms with Gasteiger partial charge in [-0.05, 0) is 18.2 Å². The highest BCUT2D eigenvalue weighted by atomic mass is 16.6. The van der Waals surface area contributed by atoms with Gasteiger partial charge in [0.15, 0.2) is 5.65 Å². The molecule has 168 valence electrons. The quantitative estimate of drug-likeness (QED) is 0.612. The van der Waals surface area contributed by atoms with Crippen molar-refractivity contribution in [2.75, 3.05) is 51.4 Å². The molecule has 3 aromatic heterocycles. The van der Waals surface area contributed by atoms with Crippen molar-refractivity contribution in [3.8, 4) is 17.0 Å². The standard InChI is InChI=1S/C22H26N6O4/c1-30-21-17(3-2-7-23-21)18-15-24-28-8-4-19(25-20(18)28)26-9-11-27(12-10-26)22(29)32-16-5-13-31-14-6-16/h2-4,7-8,15-16H,5-6,9-14H2,1H3. The summed E-state index contributed by atoms with van der Waals surface area (Å²) in [7, 11) is 1.60. The van der Waals surface area contributed by atoms with Crippen molar-refractivity contribution in [1.82, 2.24) is 24.5 Å². The van der Waals surface area contributed by atoms with E-state index in [4.69, 9.17) is 19.2 Å². The SMILES string of the molecule is COc1ncccc1-c1cnn2ccc(N3CCN(C(=O)OC4CCOCC4)CC3)nc12. The van der Waals surface area contributed by atoms with Crippen molar-refractivity contribution in [2.45, 2.75) is 18.9 Å². The monoisotopic (exact) mass is 438 g/mol. The molecule has 10 nitrogen and oxygen atoms in total. The van der Waals surface area contributed by atoms with Crippen LogP contribution in [0.4, 0.5) is 10.6 Å². The molecule has 1 amide bonds. The highest BCUT2D eigenvalue weighted by molar-refractivity contribution is 5.80. The molecule has 0 radical (unpaired) electrons. The van der Waals surface area contributed by atoms with Gasteiger partial charge in [-0.2, -0.15) is 5.10 Å². The molecule has 0 saturated carbocycles. The lowest BCUT2D eigenvalue weighted by Gasteiger charge is -2.35.